The van der Waals surface area contributed by atoms with Gasteiger partial charge in [0.2, 0.25) is 5.91 Å². The summed E-state index contributed by atoms with van der Waals surface area (Å²) < 4.78 is 15.1. The number of nitrogens with zero attached hydrogens (tertiary/aromatic N) is 4. The Morgan fingerprint density at radius 3 is 2.68 bits per heavy atom. The summed E-state index contributed by atoms with van der Waals surface area (Å²) in [6.45, 7) is 0.884. The minimum atomic E-state index is -0.372. The Kier molecular flexibility index (Phi) is 5.30. The van der Waals surface area contributed by atoms with E-state index in [9.17, 15) is 9.18 Å². The number of nitrogens with one attached hydrogen (secondary N) is 2. The summed E-state index contributed by atoms with van der Waals surface area (Å²) in [5.74, 6) is 0.614. The molecule has 128 valence electrons. The molecule has 2 aromatic heterocycles. The van der Waals surface area contributed by atoms with Gasteiger partial charge in [-0.05, 0) is 29.8 Å². The first kappa shape index (κ1) is 16.6. The lowest BCUT2D eigenvalue weighted by atomic mass is 10.1. The molecule has 7 nitrogen and oxygen atoms in total. The molecule has 0 bridgehead atoms. The first-order valence-corrected chi connectivity index (χ1v) is 7.80. The fourth-order valence-electron chi connectivity index (χ4n) is 2.22. The van der Waals surface area contributed by atoms with Gasteiger partial charge < -0.3 is 10.6 Å². The Bertz CT molecular complexity index is 819. The topological polar surface area (TPSA) is 84.7 Å². The lowest BCUT2D eigenvalue weighted by Gasteiger charge is -2.08. The fraction of sp³-hybridized carbons (Fsp3) is 0.176. The maximum absolute atomic E-state index is 13.5. The van der Waals surface area contributed by atoms with E-state index < -0.39 is 0 Å². The van der Waals surface area contributed by atoms with Crippen molar-refractivity contribution in [2.75, 3.05) is 18.4 Å². The standard InChI is InChI=1S/C17H17FN6O/c18-14-5-2-1-4-13(14)12-17(25)20-10-9-19-15-6-7-16(23-22-15)24-11-3-8-21-24/h1-8,11H,9-10,12H2,(H,19,22)(H,20,25). The molecule has 8 heteroatoms. The van der Waals surface area contributed by atoms with Gasteiger partial charge in [0.15, 0.2) is 5.82 Å². The average Bonchev–Trinajstić information content (AvgIpc) is 3.16. The third-order valence-electron chi connectivity index (χ3n) is 3.45. The van der Waals surface area contributed by atoms with E-state index in [0.717, 1.165) is 0 Å². The molecule has 0 fully saturated rings. The molecule has 0 atom stereocenters. The van der Waals surface area contributed by atoms with Crippen molar-refractivity contribution < 1.29 is 9.18 Å². The molecule has 3 aromatic rings. The fourth-order valence-corrected chi connectivity index (χ4v) is 2.22. The van der Waals surface area contributed by atoms with Crippen LogP contribution in [0.2, 0.25) is 0 Å². The molecule has 1 amide bonds. The van der Waals surface area contributed by atoms with Crippen molar-refractivity contribution >= 4 is 11.7 Å². The molecule has 2 N–H and O–H groups in total. The van der Waals surface area contributed by atoms with Gasteiger partial charge in [0.1, 0.15) is 11.6 Å². The lowest BCUT2D eigenvalue weighted by molar-refractivity contribution is -0.120. The third-order valence-corrected chi connectivity index (χ3v) is 3.45. The number of rotatable bonds is 7. The molecule has 0 saturated carbocycles. The second kappa shape index (κ2) is 8.00. The number of carbonyl (C=O) groups excluding carboxylic acids is 1. The number of hydrogen-bond acceptors (Lipinski definition) is 5. The van der Waals surface area contributed by atoms with Crippen LogP contribution in [0.1, 0.15) is 5.56 Å². The van der Waals surface area contributed by atoms with Crippen LogP contribution in [0.3, 0.4) is 0 Å². The smallest absolute Gasteiger partial charge is 0.224 e. The molecule has 0 radical (unpaired) electrons. The van der Waals surface area contributed by atoms with Crippen molar-refractivity contribution in [3.8, 4) is 5.82 Å². The molecule has 2 heterocycles. The molecule has 0 spiro atoms. The summed E-state index contributed by atoms with van der Waals surface area (Å²) in [6, 6.07) is 11.6. The highest BCUT2D eigenvalue weighted by atomic mass is 19.1. The van der Waals surface area contributed by atoms with E-state index in [-0.39, 0.29) is 18.1 Å². The number of benzene rings is 1. The van der Waals surface area contributed by atoms with Crippen LogP contribution in [0.4, 0.5) is 10.2 Å². The molecule has 0 aliphatic rings. The first-order chi connectivity index (χ1) is 12.2. The molecule has 0 saturated heterocycles. The zero-order valence-electron chi connectivity index (χ0n) is 13.4. The Hall–Kier alpha value is -3.29. The van der Waals surface area contributed by atoms with E-state index in [1.165, 1.54) is 6.07 Å². The summed E-state index contributed by atoms with van der Waals surface area (Å²) in [6.07, 6.45) is 3.46. The summed E-state index contributed by atoms with van der Waals surface area (Å²) in [7, 11) is 0. The van der Waals surface area contributed by atoms with E-state index in [1.807, 2.05) is 0 Å². The van der Waals surface area contributed by atoms with Gasteiger partial charge in [0.05, 0.1) is 6.42 Å². The van der Waals surface area contributed by atoms with Crippen LogP contribution in [-0.4, -0.2) is 39.0 Å². The average molecular weight is 340 g/mol. The predicted molar refractivity (Wildman–Crippen MR) is 90.8 cm³/mol. The van der Waals surface area contributed by atoms with Gasteiger partial charge in [-0.3, -0.25) is 4.79 Å². The maximum Gasteiger partial charge on any atom is 0.224 e. The molecule has 3 rings (SSSR count). The van der Waals surface area contributed by atoms with E-state index in [1.54, 1.807) is 53.5 Å². The Morgan fingerprint density at radius 1 is 1.08 bits per heavy atom. The van der Waals surface area contributed by atoms with Crippen LogP contribution in [0.25, 0.3) is 5.82 Å². The number of amides is 1. The Balaban J connectivity index is 1.41. The van der Waals surface area contributed by atoms with Gasteiger partial charge in [-0.2, -0.15) is 5.10 Å². The van der Waals surface area contributed by atoms with Crippen LogP contribution in [0.15, 0.2) is 54.9 Å². The number of hydrogen-bond donors (Lipinski definition) is 2. The van der Waals surface area contributed by atoms with E-state index in [2.05, 4.69) is 25.9 Å². The third kappa shape index (κ3) is 4.60. The van der Waals surface area contributed by atoms with Gasteiger partial charge in [0, 0.05) is 25.5 Å². The second-order valence-electron chi connectivity index (χ2n) is 5.27. The van der Waals surface area contributed by atoms with Crippen LogP contribution in [0, 0.1) is 5.82 Å². The van der Waals surface area contributed by atoms with Crippen molar-refractivity contribution in [3.63, 3.8) is 0 Å². The van der Waals surface area contributed by atoms with Crippen molar-refractivity contribution in [1.82, 2.24) is 25.3 Å². The van der Waals surface area contributed by atoms with Crippen molar-refractivity contribution in [1.29, 1.82) is 0 Å². The summed E-state index contributed by atoms with van der Waals surface area (Å²) in [4.78, 5) is 11.8. The second-order valence-corrected chi connectivity index (χ2v) is 5.27. The summed E-state index contributed by atoms with van der Waals surface area (Å²) in [5.41, 5.74) is 0.382. The molecule has 0 aliphatic carbocycles. The first-order valence-electron chi connectivity index (χ1n) is 7.80. The number of anilines is 1. The zero-order valence-corrected chi connectivity index (χ0v) is 13.4. The normalized spacial score (nSPS) is 10.4. The molecule has 0 unspecified atom stereocenters. The van der Waals surface area contributed by atoms with Crippen LogP contribution in [0.5, 0.6) is 0 Å². The summed E-state index contributed by atoms with van der Waals surface area (Å²) >= 11 is 0. The van der Waals surface area contributed by atoms with E-state index >= 15 is 0 Å². The highest BCUT2D eigenvalue weighted by Gasteiger charge is 2.07. The van der Waals surface area contributed by atoms with Crippen LogP contribution in [-0.2, 0) is 11.2 Å². The van der Waals surface area contributed by atoms with Crippen molar-refractivity contribution in [2.45, 2.75) is 6.42 Å². The number of halogens is 1. The Morgan fingerprint density at radius 2 is 1.96 bits per heavy atom. The van der Waals surface area contributed by atoms with E-state index in [4.69, 9.17) is 0 Å². The number of aromatic nitrogens is 4. The molecular formula is C17H17FN6O. The van der Waals surface area contributed by atoms with Gasteiger partial charge >= 0.3 is 0 Å². The lowest BCUT2D eigenvalue weighted by Crippen LogP contribution is -2.30. The highest BCUT2D eigenvalue weighted by Crippen LogP contribution is 2.07. The van der Waals surface area contributed by atoms with Crippen LogP contribution >= 0.6 is 0 Å². The number of carbonyl (C=O) groups is 1. The van der Waals surface area contributed by atoms with Gasteiger partial charge in [0.25, 0.3) is 0 Å². The monoisotopic (exact) mass is 340 g/mol. The van der Waals surface area contributed by atoms with Gasteiger partial charge in [-0.1, -0.05) is 18.2 Å². The quantitative estimate of drug-likeness (QED) is 0.638. The van der Waals surface area contributed by atoms with Crippen molar-refractivity contribution in [2.24, 2.45) is 0 Å². The maximum atomic E-state index is 13.5. The molecule has 0 aliphatic heterocycles. The minimum Gasteiger partial charge on any atom is -0.367 e. The molecule has 25 heavy (non-hydrogen) atoms. The largest absolute Gasteiger partial charge is 0.367 e. The Labute approximate surface area is 143 Å². The van der Waals surface area contributed by atoms with Gasteiger partial charge in [-0.15, -0.1) is 10.2 Å². The summed E-state index contributed by atoms with van der Waals surface area (Å²) in [5, 5.41) is 18.0. The molecular weight excluding hydrogens is 323 g/mol. The van der Waals surface area contributed by atoms with Crippen LogP contribution < -0.4 is 10.6 Å². The molecule has 1 aromatic carbocycles. The van der Waals surface area contributed by atoms with E-state index in [0.29, 0.717) is 30.3 Å². The SMILES string of the molecule is O=C(Cc1ccccc1F)NCCNc1ccc(-n2cccn2)nn1. The van der Waals surface area contributed by atoms with Gasteiger partial charge in [-0.25, -0.2) is 9.07 Å². The minimum absolute atomic E-state index is 0.0189. The predicted octanol–water partition coefficient (Wildman–Crippen LogP) is 1.57. The van der Waals surface area contributed by atoms with Crippen molar-refractivity contribution in [3.05, 3.63) is 66.2 Å². The highest BCUT2D eigenvalue weighted by molar-refractivity contribution is 5.78. The zero-order chi connectivity index (χ0) is 17.5.